The molecular weight excluding hydrogens is 267 g/mol. The average molecular weight is 270 g/mol. The molecule has 1 radical (unpaired) electrons. The molecule has 0 saturated carbocycles. The number of carboxylic acids is 3. The fourth-order valence-corrected chi connectivity index (χ4v) is 0. The van der Waals surface area contributed by atoms with Crippen molar-refractivity contribution in [3.05, 3.63) is 0 Å². The normalized spacial score (nSPS) is 6.00. The van der Waals surface area contributed by atoms with E-state index in [1.165, 1.54) is 0 Å². The molecule has 0 saturated heterocycles. The van der Waals surface area contributed by atoms with Crippen LogP contribution in [0.1, 0.15) is 0 Å². The first-order valence-electron chi connectivity index (χ1n) is 2.80. The van der Waals surface area contributed by atoms with Crippen molar-refractivity contribution in [3.63, 3.8) is 0 Å². The Labute approximate surface area is 99.9 Å². The molecule has 0 aromatic rings. The van der Waals surface area contributed by atoms with Gasteiger partial charge in [-0.3, -0.25) is 14.4 Å². The van der Waals surface area contributed by atoms with E-state index in [4.69, 9.17) is 44.1 Å². The monoisotopic (exact) mass is 270 g/mol. The quantitative estimate of drug-likeness (QED) is 0.357. The Balaban J connectivity index is -0.0000000655. The van der Waals surface area contributed by atoms with E-state index < -0.39 is 17.9 Å². The van der Waals surface area contributed by atoms with Crippen molar-refractivity contribution < 1.29 is 62.6 Å². The van der Waals surface area contributed by atoms with Crippen molar-refractivity contribution in [2.75, 3.05) is 0 Å². The standard InChI is InChI=1S/3C2H2O3.V/c3*3-1-2(4)5;/h3*1H,(H,4,5);/p-3. The molecule has 0 spiro atoms. The van der Waals surface area contributed by atoms with Gasteiger partial charge in [0.1, 0.15) is 17.9 Å². The predicted molar refractivity (Wildman–Crippen MR) is 33.2 cm³/mol. The average Bonchev–Trinajstić information content (AvgIpc) is 2.19. The summed E-state index contributed by atoms with van der Waals surface area (Å²) in [6.07, 6.45) is -0.833. The van der Waals surface area contributed by atoms with Crippen LogP contribution in [0.2, 0.25) is 0 Å². The maximum Gasteiger partial charge on any atom is 0.165 e. The number of hydrogen-bond donors (Lipinski definition) is 0. The second-order valence-electron chi connectivity index (χ2n) is 1.31. The van der Waals surface area contributed by atoms with E-state index >= 15 is 0 Å². The van der Waals surface area contributed by atoms with Gasteiger partial charge in [-0.15, -0.1) is 0 Å². The molecule has 89 valence electrons. The molecule has 0 atom stereocenters. The van der Waals surface area contributed by atoms with Gasteiger partial charge in [0.2, 0.25) is 0 Å². The van der Waals surface area contributed by atoms with E-state index in [0.29, 0.717) is 0 Å². The number of carbonyl (C=O) groups is 6. The van der Waals surface area contributed by atoms with Crippen LogP contribution in [-0.2, 0) is 47.3 Å². The minimum Gasteiger partial charge on any atom is -0.542 e. The summed E-state index contributed by atoms with van der Waals surface area (Å²) in [4.78, 5) is 53.2. The van der Waals surface area contributed by atoms with E-state index in [0.717, 1.165) is 0 Å². The summed E-state index contributed by atoms with van der Waals surface area (Å²) in [5.41, 5.74) is 0. The van der Waals surface area contributed by atoms with Crippen molar-refractivity contribution in [2.45, 2.75) is 0 Å². The number of carboxylic acid groups (broad SMARTS) is 3. The molecule has 0 bridgehead atoms. The molecule has 0 unspecified atom stereocenters. The molecule has 0 aliphatic carbocycles. The molecule has 10 heteroatoms. The van der Waals surface area contributed by atoms with E-state index in [2.05, 4.69) is 0 Å². The van der Waals surface area contributed by atoms with Gasteiger partial charge in [0, 0.05) is 18.6 Å². The smallest absolute Gasteiger partial charge is 0.165 e. The molecule has 0 rings (SSSR count). The second-order valence-corrected chi connectivity index (χ2v) is 1.31. The topological polar surface area (TPSA) is 172 Å². The Bertz CT molecular complexity index is 216. The van der Waals surface area contributed by atoms with Gasteiger partial charge < -0.3 is 29.7 Å². The maximum absolute atomic E-state index is 8.89. The van der Waals surface area contributed by atoms with Gasteiger partial charge >= 0.3 is 0 Å². The molecule has 0 amide bonds. The molecule has 0 aliphatic rings. The summed E-state index contributed by atoms with van der Waals surface area (Å²) in [6.45, 7) is 0. The Morgan fingerprint density at radius 3 is 0.688 bits per heavy atom. The summed E-state index contributed by atoms with van der Waals surface area (Å²) in [5, 5.41) is 26.7. The first kappa shape index (κ1) is 23.7. The van der Waals surface area contributed by atoms with Gasteiger partial charge in [0.05, 0.1) is 0 Å². The van der Waals surface area contributed by atoms with Gasteiger partial charge in [0.25, 0.3) is 0 Å². The van der Waals surface area contributed by atoms with Crippen LogP contribution < -0.4 is 15.3 Å². The molecule has 0 aromatic carbocycles. The van der Waals surface area contributed by atoms with Gasteiger partial charge in [-0.1, -0.05) is 0 Å². The van der Waals surface area contributed by atoms with Crippen LogP contribution in [0.25, 0.3) is 0 Å². The number of carbonyl (C=O) groups excluding carboxylic acids is 6. The largest absolute Gasteiger partial charge is 0.542 e. The Morgan fingerprint density at radius 2 is 0.688 bits per heavy atom. The van der Waals surface area contributed by atoms with Crippen molar-refractivity contribution in [3.8, 4) is 0 Å². The Kier molecular flexibility index (Phi) is 27.7. The van der Waals surface area contributed by atoms with Crippen LogP contribution in [0.5, 0.6) is 0 Å². The van der Waals surface area contributed by atoms with E-state index in [1.54, 1.807) is 0 Å². The van der Waals surface area contributed by atoms with Crippen LogP contribution in [0.3, 0.4) is 0 Å². The van der Waals surface area contributed by atoms with Crippen LogP contribution in [0.15, 0.2) is 0 Å². The third-order valence-corrected chi connectivity index (χ3v) is 0.289. The summed E-state index contributed by atoms with van der Waals surface area (Å²) in [6, 6.07) is 0. The molecule has 0 fully saturated rings. The summed E-state index contributed by atoms with van der Waals surface area (Å²) in [7, 11) is 0. The third-order valence-electron chi connectivity index (χ3n) is 0.289. The fraction of sp³-hybridized carbons (Fsp3) is 0. The number of rotatable bonds is 3. The number of aliphatic carboxylic acids is 3. The number of hydrogen-bond acceptors (Lipinski definition) is 9. The zero-order valence-corrected chi connectivity index (χ0v) is 8.75. The van der Waals surface area contributed by atoms with Crippen LogP contribution in [-0.4, -0.2) is 36.8 Å². The maximum atomic E-state index is 8.89. The predicted octanol–water partition coefficient (Wildman–Crippen LogP) is -6.20. The third kappa shape index (κ3) is 90.7. The molecule has 16 heavy (non-hydrogen) atoms. The second kappa shape index (κ2) is 18.7. The van der Waals surface area contributed by atoms with Crippen molar-refractivity contribution in [1.29, 1.82) is 0 Å². The van der Waals surface area contributed by atoms with Crippen LogP contribution in [0, 0.1) is 0 Å². The molecular formula is C6H3O9V-3. The Morgan fingerprint density at radius 1 is 0.625 bits per heavy atom. The van der Waals surface area contributed by atoms with Crippen molar-refractivity contribution in [2.24, 2.45) is 0 Å². The van der Waals surface area contributed by atoms with Gasteiger partial charge in [-0.25, -0.2) is 0 Å². The first-order chi connectivity index (χ1) is 6.81. The van der Waals surface area contributed by atoms with E-state index in [9.17, 15) is 0 Å². The molecule has 0 N–H and O–H groups in total. The van der Waals surface area contributed by atoms with Gasteiger partial charge in [-0.05, 0) is 0 Å². The molecule has 0 aliphatic heterocycles. The minimum atomic E-state index is -1.68. The van der Waals surface area contributed by atoms with Crippen LogP contribution in [0.4, 0.5) is 0 Å². The van der Waals surface area contributed by atoms with E-state index in [1.807, 2.05) is 0 Å². The zero-order chi connectivity index (χ0) is 12.9. The van der Waals surface area contributed by atoms with Crippen molar-refractivity contribution >= 4 is 36.8 Å². The first-order valence-corrected chi connectivity index (χ1v) is 2.80. The molecule has 0 aromatic heterocycles. The van der Waals surface area contributed by atoms with E-state index in [-0.39, 0.29) is 37.4 Å². The SMILES string of the molecule is O=CC(=O)[O-].O=CC(=O)[O-].O=CC(=O)[O-].[V]. The van der Waals surface area contributed by atoms with Crippen LogP contribution >= 0.6 is 0 Å². The van der Waals surface area contributed by atoms with Gasteiger partial charge in [0.15, 0.2) is 18.9 Å². The molecule has 9 nitrogen and oxygen atoms in total. The summed E-state index contributed by atoms with van der Waals surface area (Å²) < 4.78 is 0. The Hall–Kier alpha value is -2.00. The number of aldehydes is 3. The fourth-order valence-electron chi connectivity index (χ4n) is 0. The zero-order valence-electron chi connectivity index (χ0n) is 7.35. The van der Waals surface area contributed by atoms with Gasteiger partial charge in [-0.2, -0.15) is 0 Å². The summed E-state index contributed by atoms with van der Waals surface area (Å²) >= 11 is 0. The minimum absolute atomic E-state index is 0. The summed E-state index contributed by atoms with van der Waals surface area (Å²) in [5.74, 6) is -5.03. The molecule has 0 heterocycles. The van der Waals surface area contributed by atoms with Crippen molar-refractivity contribution in [1.82, 2.24) is 0 Å².